The largest absolute Gasteiger partial charge is 0.481 e. The Morgan fingerprint density at radius 2 is 1.75 bits per heavy atom. The van der Waals surface area contributed by atoms with Gasteiger partial charge in [0.25, 0.3) is 0 Å². The van der Waals surface area contributed by atoms with E-state index >= 15 is 0 Å². The second-order valence-corrected chi connectivity index (χ2v) is 5.12. The van der Waals surface area contributed by atoms with E-state index in [1.165, 1.54) is 20.8 Å². The first kappa shape index (κ1) is 15.9. The van der Waals surface area contributed by atoms with Crippen molar-refractivity contribution >= 4 is 17.7 Å². The van der Waals surface area contributed by atoms with E-state index in [-0.39, 0.29) is 5.78 Å². The van der Waals surface area contributed by atoms with E-state index in [9.17, 15) is 14.4 Å². The Hall–Kier alpha value is -2.17. The molecule has 0 aliphatic heterocycles. The zero-order chi connectivity index (χ0) is 15.3. The molecule has 0 aliphatic carbocycles. The van der Waals surface area contributed by atoms with Gasteiger partial charge in [0.05, 0.1) is 5.41 Å². The fraction of sp³-hybridized carbons (Fsp3) is 0.400. The zero-order valence-corrected chi connectivity index (χ0v) is 11.8. The van der Waals surface area contributed by atoms with E-state index in [1.54, 1.807) is 30.3 Å². The first-order valence-corrected chi connectivity index (χ1v) is 6.26. The van der Waals surface area contributed by atoms with Gasteiger partial charge in [0, 0.05) is 5.56 Å². The predicted octanol–water partition coefficient (Wildman–Crippen LogP) is 2.30. The standard InChI is InChI=1S/C15H18O5/c1-10(15(2,3)14(18)19)20-13(17)9-12(16)11-7-5-4-6-8-11/h4-8,10H,9H2,1-3H3,(H,18,19). The minimum Gasteiger partial charge on any atom is -0.481 e. The summed E-state index contributed by atoms with van der Waals surface area (Å²) in [6.45, 7) is 4.43. The van der Waals surface area contributed by atoms with Crippen LogP contribution < -0.4 is 0 Å². The summed E-state index contributed by atoms with van der Waals surface area (Å²) in [4.78, 5) is 34.5. The lowest BCUT2D eigenvalue weighted by Crippen LogP contribution is -2.38. The number of Topliss-reactive ketones (excluding diaryl/α,β-unsaturated/α-hetero) is 1. The molecule has 5 heteroatoms. The molecule has 108 valence electrons. The molecule has 0 saturated carbocycles. The molecule has 1 N–H and O–H groups in total. The van der Waals surface area contributed by atoms with Crippen LogP contribution in [0.2, 0.25) is 0 Å². The molecule has 0 aromatic heterocycles. The quantitative estimate of drug-likeness (QED) is 0.490. The summed E-state index contributed by atoms with van der Waals surface area (Å²) >= 11 is 0. The first-order valence-electron chi connectivity index (χ1n) is 6.26. The molecule has 1 atom stereocenters. The average Bonchev–Trinajstić information content (AvgIpc) is 2.39. The maximum absolute atomic E-state index is 11.8. The lowest BCUT2D eigenvalue weighted by molar-refractivity contribution is -0.164. The predicted molar refractivity (Wildman–Crippen MR) is 72.4 cm³/mol. The molecule has 0 saturated heterocycles. The van der Waals surface area contributed by atoms with Crippen LogP contribution in [0, 0.1) is 5.41 Å². The molecular weight excluding hydrogens is 260 g/mol. The highest BCUT2D eigenvalue weighted by molar-refractivity contribution is 6.05. The zero-order valence-electron chi connectivity index (χ0n) is 11.8. The molecule has 5 nitrogen and oxygen atoms in total. The number of ether oxygens (including phenoxy) is 1. The summed E-state index contributed by atoms with van der Waals surface area (Å²) in [6.07, 6.45) is -1.22. The van der Waals surface area contributed by atoms with Crippen molar-refractivity contribution in [2.24, 2.45) is 5.41 Å². The third kappa shape index (κ3) is 3.91. The van der Waals surface area contributed by atoms with Crippen molar-refractivity contribution in [3.8, 4) is 0 Å². The van der Waals surface area contributed by atoms with Crippen LogP contribution in [0.4, 0.5) is 0 Å². The van der Waals surface area contributed by atoms with Crippen LogP contribution in [-0.4, -0.2) is 28.9 Å². The number of carbonyl (C=O) groups excluding carboxylic acids is 2. The fourth-order valence-electron chi connectivity index (χ4n) is 1.42. The van der Waals surface area contributed by atoms with Gasteiger partial charge in [0.1, 0.15) is 12.5 Å². The van der Waals surface area contributed by atoms with Crippen LogP contribution in [0.25, 0.3) is 0 Å². The lowest BCUT2D eigenvalue weighted by atomic mass is 9.87. The van der Waals surface area contributed by atoms with Crippen LogP contribution in [0.15, 0.2) is 30.3 Å². The van der Waals surface area contributed by atoms with Crippen molar-refractivity contribution in [1.82, 2.24) is 0 Å². The van der Waals surface area contributed by atoms with Crippen molar-refractivity contribution in [3.05, 3.63) is 35.9 Å². The minimum absolute atomic E-state index is 0.351. The Balaban J connectivity index is 2.61. The molecule has 0 fully saturated rings. The third-order valence-electron chi connectivity index (χ3n) is 3.28. The highest BCUT2D eigenvalue weighted by atomic mass is 16.5. The Morgan fingerprint density at radius 1 is 1.20 bits per heavy atom. The van der Waals surface area contributed by atoms with Crippen LogP contribution in [0.1, 0.15) is 37.6 Å². The molecule has 20 heavy (non-hydrogen) atoms. The van der Waals surface area contributed by atoms with Gasteiger partial charge in [0.2, 0.25) is 0 Å². The highest BCUT2D eigenvalue weighted by Crippen LogP contribution is 2.23. The van der Waals surface area contributed by atoms with Crippen LogP contribution >= 0.6 is 0 Å². The molecule has 1 aromatic carbocycles. The van der Waals surface area contributed by atoms with E-state index in [0.717, 1.165) is 0 Å². The van der Waals surface area contributed by atoms with E-state index in [1.807, 2.05) is 0 Å². The van der Waals surface area contributed by atoms with Crippen LogP contribution in [0.5, 0.6) is 0 Å². The summed E-state index contributed by atoms with van der Waals surface area (Å²) in [5, 5.41) is 9.03. The number of rotatable bonds is 6. The van der Waals surface area contributed by atoms with Gasteiger partial charge in [-0.05, 0) is 20.8 Å². The average molecular weight is 278 g/mol. The number of carbonyl (C=O) groups is 3. The van der Waals surface area contributed by atoms with Gasteiger partial charge < -0.3 is 9.84 Å². The van der Waals surface area contributed by atoms with Crippen LogP contribution in [0.3, 0.4) is 0 Å². The van der Waals surface area contributed by atoms with E-state index < -0.39 is 29.9 Å². The smallest absolute Gasteiger partial charge is 0.313 e. The number of esters is 1. The van der Waals surface area contributed by atoms with Gasteiger partial charge in [-0.25, -0.2) is 0 Å². The molecule has 1 rings (SSSR count). The molecular formula is C15H18O5. The van der Waals surface area contributed by atoms with Crippen molar-refractivity contribution in [3.63, 3.8) is 0 Å². The molecule has 0 spiro atoms. The number of ketones is 1. The molecule has 1 aromatic rings. The van der Waals surface area contributed by atoms with E-state index in [4.69, 9.17) is 9.84 Å². The van der Waals surface area contributed by atoms with E-state index in [0.29, 0.717) is 5.56 Å². The van der Waals surface area contributed by atoms with Gasteiger partial charge >= 0.3 is 11.9 Å². The van der Waals surface area contributed by atoms with Gasteiger partial charge in [-0.1, -0.05) is 30.3 Å². The van der Waals surface area contributed by atoms with Gasteiger partial charge in [0.15, 0.2) is 5.78 Å². The molecule has 0 radical (unpaired) electrons. The maximum atomic E-state index is 11.8. The topological polar surface area (TPSA) is 80.7 Å². The molecule has 0 heterocycles. The number of benzene rings is 1. The SMILES string of the molecule is CC(OC(=O)CC(=O)c1ccccc1)C(C)(C)C(=O)O. The van der Waals surface area contributed by atoms with Crippen LogP contribution in [-0.2, 0) is 14.3 Å². The van der Waals surface area contributed by atoms with Crippen molar-refractivity contribution in [2.45, 2.75) is 33.3 Å². The van der Waals surface area contributed by atoms with E-state index in [2.05, 4.69) is 0 Å². The number of carboxylic acids is 1. The number of aliphatic carboxylic acids is 1. The Kier molecular flexibility index (Phi) is 5.02. The molecule has 0 aliphatic rings. The summed E-state index contributed by atoms with van der Waals surface area (Å²) < 4.78 is 5.03. The summed E-state index contributed by atoms with van der Waals surface area (Å²) in [7, 11) is 0. The second-order valence-electron chi connectivity index (χ2n) is 5.12. The van der Waals surface area contributed by atoms with Crippen molar-refractivity contribution in [1.29, 1.82) is 0 Å². The summed E-state index contributed by atoms with van der Waals surface area (Å²) in [6, 6.07) is 8.40. The minimum atomic E-state index is -1.20. The number of hydrogen-bond donors (Lipinski definition) is 1. The Bertz CT molecular complexity index is 504. The summed E-state index contributed by atoms with van der Waals surface area (Å²) in [5.41, 5.74) is -0.777. The third-order valence-corrected chi connectivity index (χ3v) is 3.28. The number of hydrogen-bond acceptors (Lipinski definition) is 4. The first-order chi connectivity index (χ1) is 9.25. The van der Waals surface area contributed by atoms with Gasteiger partial charge in [-0.2, -0.15) is 0 Å². The monoisotopic (exact) mass is 278 g/mol. The Labute approximate surface area is 117 Å². The van der Waals surface area contributed by atoms with Gasteiger partial charge in [-0.3, -0.25) is 14.4 Å². The molecule has 0 bridgehead atoms. The lowest BCUT2D eigenvalue weighted by Gasteiger charge is -2.26. The Morgan fingerprint density at radius 3 is 2.25 bits per heavy atom. The van der Waals surface area contributed by atoms with Crippen molar-refractivity contribution < 1.29 is 24.2 Å². The molecule has 1 unspecified atom stereocenters. The normalized spacial score (nSPS) is 12.6. The summed E-state index contributed by atoms with van der Waals surface area (Å²) in [5.74, 6) is -2.14. The highest BCUT2D eigenvalue weighted by Gasteiger charge is 2.36. The van der Waals surface area contributed by atoms with Crippen molar-refractivity contribution in [2.75, 3.05) is 0 Å². The molecule has 0 amide bonds. The number of carboxylic acid groups (broad SMARTS) is 1. The van der Waals surface area contributed by atoms with Gasteiger partial charge in [-0.15, -0.1) is 0 Å². The second kappa shape index (κ2) is 6.32. The maximum Gasteiger partial charge on any atom is 0.313 e. The fourth-order valence-corrected chi connectivity index (χ4v) is 1.42.